The molecule has 0 radical (unpaired) electrons. The maximum atomic E-state index is 11.6. The molecule has 0 unspecified atom stereocenters. The molecule has 1 amide bonds. The number of anilines is 1. The van der Waals surface area contributed by atoms with Crippen LogP contribution in [-0.4, -0.2) is 41.9 Å². The van der Waals surface area contributed by atoms with Crippen LogP contribution in [0.3, 0.4) is 0 Å². The second-order valence-corrected chi connectivity index (χ2v) is 9.07. The van der Waals surface area contributed by atoms with Crippen molar-refractivity contribution in [2.24, 2.45) is 0 Å². The van der Waals surface area contributed by atoms with Gasteiger partial charge < -0.3 is 10.1 Å². The van der Waals surface area contributed by atoms with E-state index in [4.69, 9.17) is 15.4 Å². The molecule has 0 spiro atoms. The number of carbonyl (C=O) groups is 1. The van der Waals surface area contributed by atoms with Crippen molar-refractivity contribution >= 4 is 41.2 Å². The lowest BCUT2D eigenvalue weighted by atomic mass is 10.2. The number of ether oxygens (including phenoxy) is 1. The average molecular weight is 356 g/mol. The molecular formula is C11H14ClNO6S2. The third-order valence-electron chi connectivity index (χ3n) is 2.33. The fourth-order valence-electron chi connectivity index (χ4n) is 1.65. The maximum Gasteiger partial charge on any atom is 0.265 e. The van der Waals surface area contributed by atoms with Gasteiger partial charge in [-0.25, -0.2) is 16.8 Å². The van der Waals surface area contributed by atoms with Crippen molar-refractivity contribution in [1.82, 2.24) is 0 Å². The number of amides is 1. The Labute approximate surface area is 127 Å². The number of methoxy groups -OCH3 is 1. The summed E-state index contributed by atoms with van der Waals surface area (Å²) in [5.74, 6) is -1.69. The van der Waals surface area contributed by atoms with E-state index in [0.29, 0.717) is 5.56 Å². The first-order valence-corrected chi connectivity index (χ1v) is 9.92. The van der Waals surface area contributed by atoms with E-state index < -0.39 is 30.5 Å². The highest BCUT2D eigenvalue weighted by Crippen LogP contribution is 2.35. The van der Waals surface area contributed by atoms with Gasteiger partial charge in [0.05, 0.1) is 12.8 Å². The Kier molecular flexibility index (Phi) is 5.24. The van der Waals surface area contributed by atoms with E-state index in [1.807, 2.05) is 0 Å². The number of nitrogens with one attached hydrogen (secondary N) is 1. The van der Waals surface area contributed by atoms with Crippen molar-refractivity contribution in [3.8, 4) is 5.75 Å². The van der Waals surface area contributed by atoms with Gasteiger partial charge in [0, 0.05) is 16.9 Å². The first kappa shape index (κ1) is 17.7. The summed E-state index contributed by atoms with van der Waals surface area (Å²) < 4.78 is 50.1. The Bertz CT molecular complexity index is 770. The molecule has 0 aliphatic rings. The number of hydrogen-bond donors (Lipinski definition) is 1. The van der Waals surface area contributed by atoms with Gasteiger partial charge in [0.2, 0.25) is 5.91 Å². The molecule has 0 atom stereocenters. The number of rotatable bonds is 5. The molecule has 0 saturated carbocycles. The largest absolute Gasteiger partial charge is 0.493 e. The van der Waals surface area contributed by atoms with Crippen LogP contribution in [0.5, 0.6) is 5.75 Å². The molecule has 10 heteroatoms. The lowest BCUT2D eigenvalue weighted by Crippen LogP contribution is -2.22. The summed E-state index contributed by atoms with van der Waals surface area (Å²) in [6.45, 7) is 1.59. The predicted octanol–water partition coefficient (Wildman–Crippen LogP) is 0.914. The zero-order valence-corrected chi connectivity index (χ0v) is 13.9. The molecule has 1 rings (SSSR count). The van der Waals surface area contributed by atoms with Crippen molar-refractivity contribution in [2.45, 2.75) is 11.8 Å². The molecule has 1 aromatic rings. The smallest absolute Gasteiger partial charge is 0.265 e. The van der Waals surface area contributed by atoms with Crippen LogP contribution < -0.4 is 10.1 Å². The van der Waals surface area contributed by atoms with Crippen LogP contribution >= 0.6 is 10.7 Å². The predicted molar refractivity (Wildman–Crippen MR) is 79.1 cm³/mol. The minimum Gasteiger partial charge on any atom is -0.493 e. The van der Waals surface area contributed by atoms with Crippen molar-refractivity contribution in [3.05, 3.63) is 17.7 Å². The molecule has 7 nitrogen and oxygen atoms in total. The monoisotopic (exact) mass is 355 g/mol. The van der Waals surface area contributed by atoms with E-state index in [1.165, 1.54) is 19.2 Å². The van der Waals surface area contributed by atoms with E-state index in [1.54, 1.807) is 6.92 Å². The van der Waals surface area contributed by atoms with Crippen LogP contribution in [0.1, 0.15) is 5.56 Å². The lowest BCUT2D eigenvalue weighted by molar-refractivity contribution is -0.113. The fraction of sp³-hybridized carbons (Fsp3) is 0.364. The number of halogens is 1. The van der Waals surface area contributed by atoms with E-state index >= 15 is 0 Å². The summed E-state index contributed by atoms with van der Waals surface area (Å²) in [7, 11) is -1.07. The minimum atomic E-state index is -4.08. The number of hydrogen-bond acceptors (Lipinski definition) is 6. The molecule has 0 aromatic heterocycles. The van der Waals surface area contributed by atoms with E-state index in [0.717, 1.165) is 6.26 Å². The summed E-state index contributed by atoms with van der Waals surface area (Å²) in [6.07, 6.45) is 0.911. The van der Waals surface area contributed by atoms with Crippen molar-refractivity contribution < 1.29 is 26.4 Å². The highest BCUT2D eigenvalue weighted by Gasteiger charge is 2.22. The Morgan fingerprint density at radius 1 is 1.29 bits per heavy atom. The molecular weight excluding hydrogens is 342 g/mol. The second kappa shape index (κ2) is 6.20. The van der Waals surface area contributed by atoms with Crippen LogP contribution in [0.15, 0.2) is 17.0 Å². The van der Waals surface area contributed by atoms with Gasteiger partial charge in [-0.15, -0.1) is 0 Å². The molecule has 0 bridgehead atoms. The van der Waals surface area contributed by atoms with Gasteiger partial charge in [-0.3, -0.25) is 4.79 Å². The Balaban J connectivity index is 3.31. The first-order valence-electron chi connectivity index (χ1n) is 5.55. The Morgan fingerprint density at radius 3 is 2.29 bits per heavy atom. The molecule has 1 N–H and O–H groups in total. The number of sulfone groups is 1. The molecule has 21 heavy (non-hydrogen) atoms. The minimum absolute atomic E-state index is 0.0328. The topological polar surface area (TPSA) is 107 Å². The van der Waals surface area contributed by atoms with Crippen LogP contribution in [0, 0.1) is 6.92 Å². The summed E-state index contributed by atoms with van der Waals surface area (Å²) in [5, 5.41) is 2.31. The molecule has 118 valence electrons. The highest BCUT2D eigenvalue weighted by molar-refractivity contribution is 8.13. The van der Waals surface area contributed by atoms with Gasteiger partial charge in [0.15, 0.2) is 15.6 Å². The van der Waals surface area contributed by atoms with Gasteiger partial charge in [-0.2, -0.15) is 0 Å². The summed E-state index contributed by atoms with van der Waals surface area (Å²) >= 11 is 0. The van der Waals surface area contributed by atoms with E-state index in [9.17, 15) is 21.6 Å². The van der Waals surface area contributed by atoms with E-state index in [-0.39, 0.29) is 16.3 Å². The van der Waals surface area contributed by atoms with Crippen LogP contribution in [0.25, 0.3) is 0 Å². The van der Waals surface area contributed by atoms with Gasteiger partial charge in [0.25, 0.3) is 9.05 Å². The van der Waals surface area contributed by atoms with Gasteiger partial charge in [-0.1, -0.05) is 0 Å². The summed E-state index contributed by atoms with van der Waals surface area (Å²) in [5.41, 5.74) is 0.537. The van der Waals surface area contributed by atoms with Gasteiger partial charge >= 0.3 is 0 Å². The normalized spacial score (nSPS) is 12.0. The van der Waals surface area contributed by atoms with Crippen LogP contribution in [-0.2, 0) is 23.7 Å². The molecule has 0 saturated heterocycles. The Morgan fingerprint density at radius 2 is 1.86 bits per heavy atom. The van der Waals surface area contributed by atoms with Crippen molar-refractivity contribution in [3.63, 3.8) is 0 Å². The number of aryl methyl sites for hydroxylation is 1. The maximum absolute atomic E-state index is 11.6. The molecule has 0 fully saturated rings. The zero-order valence-electron chi connectivity index (χ0n) is 11.5. The zero-order chi connectivity index (χ0) is 16.4. The van der Waals surface area contributed by atoms with Crippen molar-refractivity contribution in [1.29, 1.82) is 0 Å². The molecule has 1 aromatic carbocycles. The fourth-order valence-corrected chi connectivity index (χ4v) is 3.28. The lowest BCUT2D eigenvalue weighted by Gasteiger charge is -2.14. The van der Waals surface area contributed by atoms with E-state index in [2.05, 4.69) is 5.32 Å². The molecule has 0 heterocycles. The average Bonchev–Trinajstić information content (AvgIpc) is 2.24. The molecule has 0 aliphatic heterocycles. The summed E-state index contributed by atoms with van der Waals surface area (Å²) in [6, 6.07) is 2.73. The standard InChI is InChI=1S/C11H14ClNO6S2/c1-7-4-8(13-10(14)6-20(3,15)16)11(19-2)9(5-7)21(12,17)18/h4-5H,6H2,1-3H3,(H,13,14). The van der Waals surface area contributed by atoms with Gasteiger partial charge in [-0.05, 0) is 24.6 Å². The SMILES string of the molecule is COc1c(NC(=O)CS(C)(=O)=O)cc(C)cc1S(=O)(=O)Cl. The van der Waals surface area contributed by atoms with Crippen LogP contribution in [0.4, 0.5) is 5.69 Å². The number of carbonyl (C=O) groups excluding carboxylic acids is 1. The van der Waals surface area contributed by atoms with Crippen molar-refractivity contribution in [2.75, 3.05) is 24.4 Å². The number of benzene rings is 1. The third kappa shape index (κ3) is 5.18. The Hall–Kier alpha value is -1.32. The highest BCUT2D eigenvalue weighted by atomic mass is 35.7. The second-order valence-electron chi connectivity index (χ2n) is 4.40. The quantitative estimate of drug-likeness (QED) is 0.787. The molecule has 0 aliphatic carbocycles. The van der Waals surface area contributed by atoms with Gasteiger partial charge in [0.1, 0.15) is 10.6 Å². The first-order chi connectivity index (χ1) is 9.44. The van der Waals surface area contributed by atoms with Crippen LogP contribution in [0.2, 0.25) is 0 Å². The third-order valence-corrected chi connectivity index (χ3v) is 4.45. The summed E-state index contributed by atoms with van der Waals surface area (Å²) in [4.78, 5) is 11.3.